The van der Waals surface area contributed by atoms with E-state index < -0.39 is 0 Å². The highest BCUT2D eigenvalue weighted by molar-refractivity contribution is 5.93. The minimum atomic E-state index is 0.0166. The summed E-state index contributed by atoms with van der Waals surface area (Å²) in [5.74, 6) is 1.16. The van der Waals surface area contributed by atoms with Gasteiger partial charge in [-0.05, 0) is 45.2 Å². The Morgan fingerprint density at radius 2 is 2.30 bits per heavy atom. The van der Waals surface area contributed by atoms with Crippen molar-refractivity contribution < 1.29 is 4.79 Å². The summed E-state index contributed by atoms with van der Waals surface area (Å²) in [6.45, 7) is 9.03. The number of carbonyl (C=O) groups excluding carboxylic acids is 1. The number of anilines is 1. The number of likely N-dealkylation sites (tertiary alicyclic amines) is 1. The van der Waals surface area contributed by atoms with Crippen molar-refractivity contribution in [2.24, 2.45) is 17.6 Å². The van der Waals surface area contributed by atoms with Crippen LogP contribution in [-0.2, 0) is 4.79 Å². The van der Waals surface area contributed by atoms with Gasteiger partial charge >= 0.3 is 0 Å². The average molecular weight is 279 g/mol. The molecule has 2 atom stereocenters. The molecule has 1 aliphatic heterocycles. The first-order chi connectivity index (χ1) is 9.51. The molecule has 0 saturated carbocycles. The fourth-order valence-electron chi connectivity index (χ4n) is 2.79. The summed E-state index contributed by atoms with van der Waals surface area (Å²) in [5, 5.41) is 9.90. The number of aromatic nitrogens is 2. The van der Waals surface area contributed by atoms with Crippen LogP contribution in [0.25, 0.3) is 0 Å². The van der Waals surface area contributed by atoms with Gasteiger partial charge in [0.15, 0.2) is 0 Å². The van der Waals surface area contributed by atoms with Gasteiger partial charge in [0, 0.05) is 6.54 Å². The SMILES string of the molecule is Cc1n[nH]c(C)c1NC(=O)CN1CCC(C)C(CN)C1. The molecule has 1 aromatic rings. The van der Waals surface area contributed by atoms with Gasteiger partial charge in [-0.15, -0.1) is 0 Å². The van der Waals surface area contributed by atoms with Crippen LogP contribution in [0.5, 0.6) is 0 Å². The van der Waals surface area contributed by atoms with Gasteiger partial charge in [-0.1, -0.05) is 6.92 Å². The molecule has 0 spiro atoms. The summed E-state index contributed by atoms with van der Waals surface area (Å²) in [7, 11) is 0. The van der Waals surface area contributed by atoms with E-state index in [9.17, 15) is 4.79 Å². The molecule has 0 radical (unpaired) electrons. The number of piperidine rings is 1. The first-order valence-electron chi connectivity index (χ1n) is 7.25. The predicted molar refractivity (Wildman–Crippen MR) is 79.5 cm³/mol. The standard InChI is InChI=1S/C14H25N5O/c1-9-4-5-19(7-12(9)6-15)8-13(20)16-14-10(2)17-18-11(14)3/h9,12H,4-8,15H2,1-3H3,(H,16,20)(H,17,18). The predicted octanol–water partition coefficient (Wildman–Crippen LogP) is 0.882. The number of hydrogen-bond donors (Lipinski definition) is 3. The Hall–Kier alpha value is -1.40. The maximum atomic E-state index is 12.1. The molecule has 20 heavy (non-hydrogen) atoms. The fourth-order valence-corrected chi connectivity index (χ4v) is 2.79. The molecule has 2 rings (SSSR count). The highest BCUT2D eigenvalue weighted by Crippen LogP contribution is 2.22. The number of hydrogen-bond acceptors (Lipinski definition) is 4. The van der Waals surface area contributed by atoms with Crippen LogP contribution >= 0.6 is 0 Å². The lowest BCUT2D eigenvalue weighted by Crippen LogP contribution is -2.45. The lowest BCUT2D eigenvalue weighted by atomic mass is 9.87. The Morgan fingerprint density at radius 3 is 2.90 bits per heavy atom. The summed E-state index contributed by atoms with van der Waals surface area (Å²) in [6.07, 6.45) is 1.11. The van der Waals surface area contributed by atoms with Gasteiger partial charge in [0.25, 0.3) is 0 Å². The molecule has 2 heterocycles. The van der Waals surface area contributed by atoms with E-state index in [1.807, 2.05) is 13.8 Å². The molecule has 0 aromatic carbocycles. The van der Waals surface area contributed by atoms with Crippen LogP contribution in [0.1, 0.15) is 24.7 Å². The number of nitrogens with zero attached hydrogens (tertiary/aromatic N) is 2. The Morgan fingerprint density at radius 1 is 1.55 bits per heavy atom. The van der Waals surface area contributed by atoms with Gasteiger partial charge < -0.3 is 11.1 Å². The largest absolute Gasteiger partial charge is 0.330 e. The van der Waals surface area contributed by atoms with Crippen LogP contribution in [0.4, 0.5) is 5.69 Å². The molecular weight excluding hydrogens is 254 g/mol. The third-order valence-electron chi connectivity index (χ3n) is 4.26. The van der Waals surface area contributed by atoms with E-state index in [1.165, 1.54) is 0 Å². The summed E-state index contributed by atoms with van der Waals surface area (Å²) >= 11 is 0. The number of aryl methyl sites for hydroxylation is 2. The van der Waals surface area contributed by atoms with Crippen LogP contribution in [0.2, 0.25) is 0 Å². The minimum Gasteiger partial charge on any atom is -0.330 e. The molecule has 0 aliphatic carbocycles. The van der Waals surface area contributed by atoms with E-state index in [1.54, 1.807) is 0 Å². The van der Waals surface area contributed by atoms with Gasteiger partial charge in [0.2, 0.25) is 5.91 Å². The Bertz CT molecular complexity index is 451. The molecular formula is C14H25N5O. The van der Waals surface area contributed by atoms with E-state index in [0.717, 1.165) is 36.6 Å². The second-order valence-corrected chi connectivity index (χ2v) is 5.85. The monoisotopic (exact) mass is 279 g/mol. The summed E-state index contributed by atoms with van der Waals surface area (Å²) in [5.41, 5.74) is 8.31. The maximum Gasteiger partial charge on any atom is 0.238 e. The number of H-pyrrole nitrogens is 1. The second kappa shape index (κ2) is 6.37. The van der Waals surface area contributed by atoms with Gasteiger partial charge in [-0.2, -0.15) is 5.10 Å². The van der Waals surface area contributed by atoms with E-state index in [-0.39, 0.29) is 5.91 Å². The number of rotatable bonds is 4. The molecule has 1 aromatic heterocycles. The summed E-state index contributed by atoms with van der Waals surface area (Å²) in [4.78, 5) is 14.3. The molecule has 1 saturated heterocycles. The van der Waals surface area contributed by atoms with E-state index in [0.29, 0.717) is 24.9 Å². The zero-order chi connectivity index (χ0) is 14.7. The lowest BCUT2D eigenvalue weighted by molar-refractivity contribution is -0.117. The Balaban J connectivity index is 1.89. The van der Waals surface area contributed by atoms with Crippen LogP contribution in [-0.4, -0.2) is 47.2 Å². The molecule has 1 amide bonds. The van der Waals surface area contributed by atoms with E-state index in [2.05, 4.69) is 27.3 Å². The molecule has 6 heteroatoms. The fraction of sp³-hybridized carbons (Fsp3) is 0.714. The van der Waals surface area contributed by atoms with Gasteiger partial charge in [0.1, 0.15) is 0 Å². The quantitative estimate of drug-likeness (QED) is 0.763. The number of aromatic amines is 1. The van der Waals surface area contributed by atoms with Gasteiger partial charge in [-0.25, -0.2) is 0 Å². The van der Waals surface area contributed by atoms with Crippen LogP contribution < -0.4 is 11.1 Å². The van der Waals surface area contributed by atoms with Crippen molar-refractivity contribution in [2.45, 2.75) is 27.2 Å². The third kappa shape index (κ3) is 3.37. The topological polar surface area (TPSA) is 87.0 Å². The van der Waals surface area contributed by atoms with Crippen molar-refractivity contribution in [1.82, 2.24) is 15.1 Å². The zero-order valence-electron chi connectivity index (χ0n) is 12.6. The highest BCUT2D eigenvalue weighted by atomic mass is 16.2. The first kappa shape index (κ1) is 15.0. The number of carbonyl (C=O) groups is 1. The Labute approximate surface area is 120 Å². The van der Waals surface area contributed by atoms with Gasteiger partial charge in [-0.3, -0.25) is 14.8 Å². The molecule has 1 fully saturated rings. The Kier molecular flexibility index (Phi) is 4.77. The van der Waals surface area contributed by atoms with E-state index in [4.69, 9.17) is 5.73 Å². The zero-order valence-corrected chi connectivity index (χ0v) is 12.6. The second-order valence-electron chi connectivity index (χ2n) is 5.85. The van der Waals surface area contributed by atoms with Crippen LogP contribution in [0, 0.1) is 25.7 Å². The van der Waals surface area contributed by atoms with Crippen molar-refractivity contribution >= 4 is 11.6 Å². The third-order valence-corrected chi connectivity index (χ3v) is 4.26. The average Bonchev–Trinajstić information content (AvgIpc) is 2.72. The van der Waals surface area contributed by atoms with Crippen molar-refractivity contribution in [1.29, 1.82) is 0 Å². The number of nitrogens with one attached hydrogen (secondary N) is 2. The van der Waals surface area contributed by atoms with Crippen LogP contribution in [0.3, 0.4) is 0 Å². The molecule has 1 aliphatic rings. The number of amides is 1. The van der Waals surface area contributed by atoms with E-state index >= 15 is 0 Å². The lowest BCUT2D eigenvalue weighted by Gasteiger charge is -2.36. The molecule has 2 unspecified atom stereocenters. The minimum absolute atomic E-state index is 0.0166. The summed E-state index contributed by atoms with van der Waals surface area (Å²) in [6, 6.07) is 0. The number of nitrogens with two attached hydrogens (primary N) is 1. The normalized spacial score (nSPS) is 23.8. The van der Waals surface area contributed by atoms with Crippen molar-refractivity contribution in [3.63, 3.8) is 0 Å². The van der Waals surface area contributed by atoms with Crippen molar-refractivity contribution in [2.75, 3.05) is 31.5 Å². The van der Waals surface area contributed by atoms with Gasteiger partial charge in [0.05, 0.1) is 23.6 Å². The molecule has 6 nitrogen and oxygen atoms in total. The van der Waals surface area contributed by atoms with Crippen LogP contribution in [0.15, 0.2) is 0 Å². The highest BCUT2D eigenvalue weighted by Gasteiger charge is 2.26. The smallest absolute Gasteiger partial charge is 0.238 e. The molecule has 0 bridgehead atoms. The summed E-state index contributed by atoms with van der Waals surface area (Å²) < 4.78 is 0. The van der Waals surface area contributed by atoms with Crippen molar-refractivity contribution in [3.05, 3.63) is 11.4 Å². The maximum absolute atomic E-state index is 12.1. The molecule has 112 valence electrons. The molecule has 4 N–H and O–H groups in total. The first-order valence-corrected chi connectivity index (χ1v) is 7.25. The van der Waals surface area contributed by atoms with Crippen molar-refractivity contribution in [3.8, 4) is 0 Å².